The number of hydrogen-bond donors (Lipinski definition) is 2. The molecule has 0 unspecified atom stereocenters. The number of ether oxygens (including phenoxy) is 1. The zero-order valence-electron chi connectivity index (χ0n) is 18.0. The molecule has 1 aromatic carbocycles. The Morgan fingerprint density at radius 3 is 2.58 bits per heavy atom. The van der Waals surface area contributed by atoms with Crippen molar-refractivity contribution in [3.8, 4) is 16.9 Å². The number of aromatic amines is 1. The van der Waals surface area contributed by atoms with E-state index < -0.39 is 10.0 Å². The molecule has 2 N–H and O–H groups in total. The van der Waals surface area contributed by atoms with Crippen LogP contribution in [0.25, 0.3) is 22.2 Å². The summed E-state index contributed by atoms with van der Waals surface area (Å²) in [7, 11) is -1.06. The second-order valence-electron chi connectivity index (χ2n) is 8.02. The smallest absolute Gasteiger partial charge is 0.209 e. The third-order valence-corrected chi connectivity index (χ3v) is 6.27. The predicted octanol–water partition coefficient (Wildman–Crippen LogP) is 1.91. The Morgan fingerprint density at radius 1 is 1.13 bits per heavy atom. The molecule has 1 fully saturated rings. The standard InChI is InChI=1S/C22H29N5O3S/c1-26-9-11-27(12-10-26)13-14-30-20-7-8-23-22-21(20)19(16-24-22)18-5-3-17(4-6-18)15-25-31(2,28)29/h3-8,16,25H,9-15H2,1-2H3,(H,23,24). The SMILES string of the molecule is CN1CCN(CCOc2ccnc3[nH]cc(-c4ccc(CNS(C)(=O)=O)cc4)c23)CC1. The second-order valence-corrected chi connectivity index (χ2v) is 9.85. The van der Waals surface area contributed by atoms with Gasteiger partial charge in [0.05, 0.1) is 11.6 Å². The number of sulfonamides is 1. The number of rotatable bonds is 8. The zero-order valence-corrected chi connectivity index (χ0v) is 18.8. The first-order chi connectivity index (χ1) is 14.9. The Morgan fingerprint density at radius 2 is 1.87 bits per heavy atom. The van der Waals surface area contributed by atoms with Gasteiger partial charge in [-0.2, -0.15) is 0 Å². The quantitative estimate of drug-likeness (QED) is 0.553. The van der Waals surface area contributed by atoms with Gasteiger partial charge < -0.3 is 14.6 Å². The summed E-state index contributed by atoms with van der Waals surface area (Å²) in [5.41, 5.74) is 3.72. The van der Waals surface area contributed by atoms with E-state index in [1.54, 1.807) is 6.20 Å². The Labute approximate surface area is 183 Å². The highest BCUT2D eigenvalue weighted by Crippen LogP contribution is 2.34. The lowest BCUT2D eigenvalue weighted by molar-refractivity contribution is 0.134. The Hall–Kier alpha value is -2.46. The Balaban J connectivity index is 1.47. The maximum Gasteiger partial charge on any atom is 0.209 e. The van der Waals surface area contributed by atoms with Crippen LogP contribution in [0, 0.1) is 0 Å². The second kappa shape index (κ2) is 9.35. The lowest BCUT2D eigenvalue weighted by Crippen LogP contribution is -2.45. The molecule has 2 aromatic heterocycles. The van der Waals surface area contributed by atoms with Gasteiger partial charge in [-0.1, -0.05) is 24.3 Å². The van der Waals surface area contributed by atoms with Gasteiger partial charge in [0.15, 0.2) is 0 Å². The van der Waals surface area contributed by atoms with Crippen molar-refractivity contribution in [3.05, 3.63) is 48.3 Å². The number of likely N-dealkylation sites (N-methyl/N-ethyl adjacent to an activating group) is 1. The van der Waals surface area contributed by atoms with Crippen LogP contribution in [0.4, 0.5) is 0 Å². The highest BCUT2D eigenvalue weighted by Gasteiger charge is 2.15. The number of pyridine rings is 1. The number of nitrogens with one attached hydrogen (secondary N) is 2. The molecule has 4 rings (SSSR count). The fourth-order valence-electron chi connectivity index (χ4n) is 3.75. The van der Waals surface area contributed by atoms with Crippen molar-refractivity contribution in [3.63, 3.8) is 0 Å². The van der Waals surface area contributed by atoms with E-state index in [1.165, 1.54) is 0 Å². The number of H-pyrrole nitrogens is 1. The fourth-order valence-corrected chi connectivity index (χ4v) is 4.18. The van der Waals surface area contributed by atoms with Crippen molar-refractivity contribution in [2.24, 2.45) is 0 Å². The molecule has 0 saturated carbocycles. The molecular weight excluding hydrogens is 414 g/mol. The number of fused-ring (bicyclic) bond motifs is 1. The minimum Gasteiger partial charge on any atom is -0.491 e. The van der Waals surface area contributed by atoms with Gasteiger partial charge in [0.2, 0.25) is 10.0 Å². The van der Waals surface area contributed by atoms with Gasteiger partial charge in [-0.15, -0.1) is 0 Å². The number of aromatic nitrogens is 2. The molecule has 0 radical (unpaired) electrons. The van der Waals surface area contributed by atoms with Crippen LogP contribution in [-0.4, -0.2) is 80.8 Å². The molecule has 1 aliphatic rings. The predicted molar refractivity (Wildman–Crippen MR) is 123 cm³/mol. The van der Waals surface area contributed by atoms with Crippen molar-refractivity contribution in [1.29, 1.82) is 0 Å². The molecule has 9 heteroatoms. The highest BCUT2D eigenvalue weighted by atomic mass is 32.2. The van der Waals surface area contributed by atoms with Gasteiger partial charge in [0.25, 0.3) is 0 Å². The average Bonchev–Trinajstić information content (AvgIpc) is 3.19. The summed E-state index contributed by atoms with van der Waals surface area (Å²) < 4.78 is 31.3. The zero-order chi connectivity index (χ0) is 21.8. The van der Waals surface area contributed by atoms with Crippen molar-refractivity contribution < 1.29 is 13.2 Å². The summed E-state index contributed by atoms with van der Waals surface area (Å²) in [6.07, 6.45) is 4.86. The van der Waals surface area contributed by atoms with Crippen LogP contribution in [0.15, 0.2) is 42.7 Å². The molecular formula is C22H29N5O3S. The Bertz CT molecular complexity index is 1120. The topological polar surface area (TPSA) is 90.6 Å². The van der Waals surface area contributed by atoms with E-state index in [0.717, 1.165) is 72.5 Å². The summed E-state index contributed by atoms with van der Waals surface area (Å²) in [5.74, 6) is 0.818. The van der Waals surface area contributed by atoms with Crippen LogP contribution in [0.2, 0.25) is 0 Å². The third kappa shape index (κ3) is 5.62. The van der Waals surface area contributed by atoms with Crippen molar-refractivity contribution in [1.82, 2.24) is 24.5 Å². The summed E-state index contributed by atoms with van der Waals surface area (Å²) in [6, 6.07) is 9.74. The fraction of sp³-hybridized carbons (Fsp3) is 0.409. The third-order valence-electron chi connectivity index (χ3n) is 5.60. The first-order valence-electron chi connectivity index (χ1n) is 10.4. The van der Waals surface area contributed by atoms with E-state index in [1.807, 2.05) is 36.5 Å². The lowest BCUT2D eigenvalue weighted by Gasteiger charge is -2.32. The number of hydrogen-bond acceptors (Lipinski definition) is 6. The van der Waals surface area contributed by atoms with Crippen LogP contribution >= 0.6 is 0 Å². The average molecular weight is 444 g/mol. The van der Waals surface area contributed by atoms with Crippen LogP contribution in [0.5, 0.6) is 5.75 Å². The number of nitrogens with zero attached hydrogens (tertiary/aromatic N) is 3. The van der Waals surface area contributed by atoms with Gasteiger partial charge in [0.1, 0.15) is 18.0 Å². The van der Waals surface area contributed by atoms with E-state index in [0.29, 0.717) is 6.61 Å². The van der Waals surface area contributed by atoms with E-state index in [9.17, 15) is 8.42 Å². The molecule has 8 nitrogen and oxygen atoms in total. The largest absolute Gasteiger partial charge is 0.491 e. The van der Waals surface area contributed by atoms with E-state index in [4.69, 9.17) is 4.74 Å². The summed E-state index contributed by atoms with van der Waals surface area (Å²) in [6.45, 7) is 6.13. The molecule has 1 saturated heterocycles. The Kier molecular flexibility index (Phi) is 6.57. The molecule has 31 heavy (non-hydrogen) atoms. The van der Waals surface area contributed by atoms with Crippen LogP contribution in [0.3, 0.4) is 0 Å². The molecule has 3 heterocycles. The van der Waals surface area contributed by atoms with Crippen LogP contribution in [-0.2, 0) is 16.6 Å². The highest BCUT2D eigenvalue weighted by molar-refractivity contribution is 7.88. The minimum atomic E-state index is -3.22. The maximum atomic E-state index is 11.3. The first kappa shape index (κ1) is 21.8. The summed E-state index contributed by atoms with van der Waals surface area (Å²) >= 11 is 0. The van der Waals surface area contributed by atoms with Crippen molar-refractivity contribution in [2.45, 2.75) is 6.54 Å². The van der Waals surface area contributed by atoms with Crippen molar-refractivity contribution >= 4 is 21.1 Å². The maximum absolute atomic E-state index is 11.3. The normalized spacial score (nSPS) is 16.1. The van der Waals surface area contributed by atoms with Gasteiger partial charge in [-0.05, 0) is 24.2 Å². The molecule has 166 valence electrons. The molecule has 0 bridgehead atoms. The van der Waals surface area contributed by atoms with E-state index >= 15 is 0 Å². The van der Waals surface area contributed by atoms with Gasteiger partial charge in [-0.25, -0.2) is 18.1 Å². The van der Waals surface area contributed by atoms with Gasteiger partial charge >= 0.3 is 0 Å². The number of piperazine rings is 1. The molecule has 0 spiro atoms. The van der Waals surface area contributed by atoms with Gasteiger partial charge in [0, 0.05) is 57.2 Å². The van der Waals surface area contributed by atoms with Crippen LogP contribution < -0.4 is 9.46 Å². The van der Waals surface area contributed by atoms with E-state index in [-0.39, 0.29) is 6.54 Å². The lowest BCUT2D eigenvalue weighted by atomic mass is 10.0. The van der Waals surface area contributed by atoms with Gasteiger partial charge in [-0.3, -0.25) is 4.90 Å². The molecule has 0 amide bonds. The van der Waals surface area contributed by atoms with E-state index in [2.05, 4.69) is 31.5 Å². The summed E-state index contributed by atoms with van der Waals surface area (Å²) in [4.78, 5) is 12.4. The number of benzene rings is 1. The van der Waals surface area contributed by atoms with Crippen LogP contribution in [0.1, 0.15) is 5.56 Å². The molecule has 0 aliphatic carbocycles. The molecule has 1 aliphatic heterocycles. The monoisotopic (exact) mass is 443 g/mol. The molecule has 0 atom stereocenters. The minimum absolute atomic E-state index is 0.273. The first-order valence-corrected chi connectivity index (χ1v) is 12.3. The summed E-state index contributed by atoms with van der Waals surface area (Å²) in [5, 5.41) is 0.961. The van der Waals surface area contributed by atoms with Crippen molar-refractivity contribution in [2.75, 3.05) is 52.6 Å². The molecule has 3 aromatic rings.